The predicted molar refractivity (Wildman–Crippen MR) is 91.2 cm³/mol. The first-order chi connectivity index (χ1) is 10.5. The van der Waals surface area contributed by atoms with Gasteiger partial charge in [-0.3, -0.25) is 4.90 Å². The monoisotopic (exact) mass is 304 g/mol. The minimum Gasteiger partial charge on any atom is -0.329 e. The minimum atomic E-state index is 0.625. The molecule has 0 N–H and O–H groups in total. The topological polar surface area (TPSA) is 24.3 Å². The van der Waals surface area contributed by atoms with Crippen molar-refractivity contribution in [2.45, 2.75) is 78.6 Å². The maximum atomic E-state index is 5.00. The van der Waals surface area contributed by atoms with E-state index >= 15 is 0 Å². The van der Waals surface area contributed by atoms with Crippen molar-refractivity contribution in [1.82, 2.24) is 19.4 Å². The van der Waals surface area contributed by atoms with Gasteiger partial charge in [-0.1, -0.05) is 0 Å². The zero-order chi connectivity index (χ0) is 15.9. The highest BCUT2D eigenvalue weighted by Crippen LogP contribution is 2.33. The highest BCUT2D eigenvalue weighted by molar-refractivity contribution is 5.23. The lowest BCUT2D eigenvalue weighted by atomic mass is 9.91. The minimum absolute atomic E-state index is 0.625. The Morgan fingerprint density at radius 2 is 1.55 bits per heavy atom. The first kappa shape index (κ1) is 16.0. The highest BCUT2D eigenvalue weighted by Gasteiger charge is 2.30. The molecule has 1 aromatic heterocycles. The third kappa shape index (κ3) is 2.95. The number of piperidine rings is 1. The van der Waals surface area contributed by atoms with Gasteiger partial charge in [0.25, 0.3) is 0 Å². The number of fused-ring (bicyclic) bond motifs is 1. The summed E-state index contributed by atoms with van der Waals surface area (Å²) in [7, 11) is 0. The molecule has 0 amide bonds. The average molecular weight is 304 g/mol. The fourth-order valence-corrected chi connectivity index (χ4v) is 4.05. The maximum Gasteiger partial charge on any atom is 0.106 e. The van der Waals surface area contributed by atoms with Crippen LogP contribution in [-0.4, -0.2) is 51.1 Å². The molecule has 1 saturated heterocycles. The fraction of sp³-hybridized carbons (Fsp3) is 0.833. The van der Waals surface area contributed by atoms with Gasteiger partial charge in [-0.2, -0.15) is 0 Å². The van der Waals surface area contributed by atoms with E-state index < -0.39 is 0 Å². The number of rotatable bonds is 3. The number of imidazole rings is 1. The van der Waals surface area contributed by atoms with Crippen LogP contribution >= 0.6 is 0 Å². The molecule has 0 aliphatic carbocycles. The van der Waals surface area contributed by atoms with Crippen LogP contribution in [0.1, 0.15) is 63.7 Å². The zero-order valence-electron chi connectivity index (χ0n) is 15.0. The largest absolute Gasteiger partial charge is 0.329 e. The van der Waals surface area contributed by atoms with E-state index in [1.165, 1.54) is 43.1 Å². The lowest BCUT2D eigenvalue weighted by Gasteiger charge is -2.36. The van der Waals surface area contributed by atoms with E-state index in [1.807, 2.05) is 0 Å². The predicted octanol–water partition coefficient (Wildman–Crippen LogP) is 3.00. The third-order valence-corrected chi connectivity index (χ3v) is 5.63. The van der Waals surface area contributed by atoms with Crippen LogP contribution in [0.2, 0.25) is 0 Å². The molecular weight excluding hydrogens is 272 g/mol. The van der Waals surface area contributed by atoms with E-state index in [-0.39, 0.29) is 0 Å². The summed E-state index contributed by atoms with van der Waals surface area (Å²) in [4.78, 5) is 10.2. The summed E-state index contributed by atoms with van der Waals surface area (Å²) in [5.41, 5.74) is 2.91. The van der Waals surface area contributed by atoms with E-state index in [2.05, 4.69) is 49.0 Å². The summed E-state index contributed by atoms with van der Waals surface area (Å²) in [6, 6.07) is 1.30. The second-order valence-corrected chi connectivity index (χ2v) is 7.61. The van der Waals surface area contributed by atoms with Crippen LogP contribution in [0.5, 0.6) is 0 Å². The molecule has 124 valence electrons. The molecule has 1 aromatic rings. The van der Waals surface area contributed by atoms with Crippen molar-refractivity contribution in [2.24, 2.45) is 0 Å². The van der Waals surface area contributed by atoms with E-state index in [4.69, 9.17) is 4.98 Å². The zero-order valence-corrected chi connectivity index (χ0v) is 15.0. The van der Waals surface area contributed by atoms with Crippen LogP contribution in [-0.2, 0) is 13.1 Å². The van der Waals surface area contributed by atoms with Gasteiger partial charge in [0, 0.05) is 37.6 Å². The Morgan fingerprint density at radius 3 is 2.14 bits per heavy atom. The van der Waals surface area contributed by atoms with E-state index in [0.29, 0.717) is 18.0 Å². The molecular formula is C18H32N4. The summed E-state index contributed by atoms with van der Waals surface area (Å²) in [5, 5.41) is 0. The summed E-state index contributed by atoms with van der Waals surface area (Å²) in [6.45, 7) is 17.2. The Balaban J connectivity index is 1.78. The number of likely N-dealkylation sites (tertiary alicyclic amines) is 1. The first-order valence-electron chi connectivity index (χ1n) is 9.01. The van der Waals surface area contributed by atoms with Crippen LogP contribution < -0.4 is 0 Å². The van der Waals surface area contributed by atoms with Crippen LogP contribution in [0.4, 0.5) is 0 Å². The maximum absolute atomic E-state index is 5.00. The average Bonchev–Trinajstić information content (AvgIpc) is 2.84. The summed E-state index contributed by atoms with van der Waals surface area (Å²) >= 11 is 0. The number of hydrogen-bond acceptors (Lipinski definition) is 3. The molecule has 0 unspecified atom stereocenters. The number of aryl methyl sites for hydroxylation is 1. The van der Waals surface area contributed by atoms with Crippen LogP contribution in [0.15, 0.2) is 0 Å². The van der Waals surface area contributed by atoms with E-state index in [0.717, 1.165) is 19.6 Å². The normalized spacial score (nSPS) is 21.8. The molecule has 0 bridgehead atoms. The lowest BCUT2D eigenvalue weighted by Crippen LogP contribution is -2.40. The summed E-state index contributed by atoms with van der Waals surface area (Å²) in [6.07, 6.45) is 2.53. The molecule has 22 heavy (non-hydrogen) atoms. The van der Waals surface area contributed by atoms with Gasteiger partial charge in [0.2, 0.25) is 0 Å². The van der Waals surface area contributed by atoms with Gasteiger partial charge < -0.3 is 9.47 Å². The molecule has 3 rings (SSSR count). The number of aromatic nitrogens is 2. The van der Waals surface area contributed by atoms with Crippen LogP contribution in [0.25, 0.3) is 0 Å². The van der Waals surface area contributed by atoms with Crippen molar-refractivity contribution in [3.05, 3.63) is 17.2 Å². The fourth-order valence-electron chi connectivity index (χ4n) is 4.05. The van der Waals surface area contributed by atoms with Crippen LogP contribution in [0.3, 0.4) is 0 Å². The lowest BCUT2D eigenvalue weighted by molar-refractivity contribution is 0.163. The molecule has 0 atom stereocenters. The molecule has 4 heteroatoms. The Kier molecular flexibility index (Phi) is 4.60. The number of nitrogens with zero attached hydrogens (tertiary/aromatic N) is 4. The van der Waals surface area contributed by atoms with Crippen molar-refractivity contribution < 1.29 is 0 Å². The van der Waals surface area contributed by atoms with Gasteiger partial charge in [-0.15, -0.1) is 0 Å². The molecule has 0 aromatic carbocycles. The Labute approximate surface area is 135 Å². The Morgan fingerprint density at radius 1 is 0.909 bits per heavy atom. The summed E-state index contributed by atoms with van der Waals surface area (Å²) < 4.78 is 2.48. The molecule has 2 aliphatic rings. The smallest absolute Gasteiger partial charge is 0.106 e. The van der Waals surface area contributed by atoms with Gasteiger partial charge >= 0.3 is 0 Å². The van der Waals surface area contributed by atoms with Crippen molar-refractivity contribution in [3.8, 4) is 0 Å². The molecule has 3 heterocycles. The first-order valence-corrected chi connectivity index (χ1v) is 9.01. The quantitative estimate of drug-likeness (QED) is 0.858. The second-order valence-electron chi connectivity index (χ2n) is 7.61. The van der Waals surface area contributed by atoms with Crippen molar-refractivity contribution in [3.63, 3.8) is 0 Å². The SMILES string of the molecule is Cc1nc(C2CCN(C(C)C)CC2)c2n1CCN(C(C)C)C2. The second kappa shape index (κ2) is 6.32. The van der Waals surface area contributed by atoms with Gasteiger partial charge in [0.1, 0.15) is 5.82 Å². The van der Waals surface area contributed by atoms with Gasteiger partial charge in [0.15, 0.2) is 0 Å². The highest BCUT2D eigenvalue weighted by atomic mass is 15.2. The summed E-state index contributed by atoms with van der Waals surface area (Å²) in [5.74, 6) is 1.89. The van der Waals surface area contributed by atoms with Crippen molar-refractivity contribution >= 4 is 0 Å². The molecule has 0 spiro atoms. The molecule has 2 aliphatic heterocycles. The van der Waals surface area contributed by atoms with Crippen molar-refractivity contribution in [1.29, 1.82) is 0 Å². The molecule has 0 saturated carbocycles. The van der Waals surface area contributed by atoms with E-state index in [9.17, 15) is 0 Å². The van der Waals surface area contributed by atoms with Crippen LogP contribution in [0, 0.1) is 6.92 Å². The Hall–Kier alpha value is -0.870. The third-order valence-electron chi connectivity index (χ3n) is 5.63. The molecule has 0 radical (unpaired) electrons. The standard InChI is InChI=1S/C18H32N4/c1-13(2)20-8-6-16(7-9-20)18-17-12-21(14(3)4)10-11-22(17)15(5)19-18/h13-14,16H,6-12H2,1-5H3. The van der Waals surface area contributed by atoms with Gasteiger partial charge in [0.05, 0.1) is 11.4 Å². The van der Waals surface area contributed by atoms with E-state index in [1.54, 1.807) is 0 Å². The Bertz CT molecular complexity index is 509. The number of hydrogen-bond donors (Lipinski definition) is 0. The van der Waals surface area contributed by atoms with Gasteiger partial charge in [-0.25, -0.2) is 4.98 Å². The van der Waals surface area contributed by atoms with Gasteiger partial charge in [-0.05, 0) is 60.5 Å². The van der Waals surface area contributed by atoms with Crippen molar-refractivity contribution in [2.75, 3.05) is 19.6 Å². The molecule has 1 fully saturated rings. The molecule has 4 nitrogen and oxygen atoms in total.